The first-order valence-corrected chi connectivity index (χ1v) is 8.28. The van der Waals surface area contributed by atoms with Crippen LogP contribution in [0.25, 0.3) is 0 Å². The molecule has 1 saturated carbocycles. The third-order valence-corrected chi connectivity index (χ3v) is 4.92. The summed E-state index contributed by atoms with van der Waals surface area (Å²) < 4.78 is 0. The molecule has 0 aromatic heterocycles. The van der Waals surface area contributed by atoms with Gasteiger partial charge in [-0.05, 0) is 43.7 Å². The van der Waals surface area contributed by atoms with E-state index in [1.807, 2.05) is 0 Å². The second kappa shape index (κ2) is 6.96. The number of non-ortho nitro benzene ring substituents is 1. The van der Waals surface area contributed by atoms with Crippen LogP contribution in [0, 0.1) is 22.0 Å². The molecule has 1 aromatic carbocycles. The number of Topliss-reactive ketones (excluding diaryl/α,β-unsaturated/α-hetero) is 1. The van der Waals surface area contributed by atoms with Gasteiger partial charge < -0.3 is 0 Å². The van der Waals surface area contributed by atoms with Crippen molar-refractivity contribution >= 4 is 23.3 Å². The zero-order chi connectivity index (χ0) is 18.0. The summed E-state index contributed by atoms with van der Waals surface area (Å²) in [5.74, 6) is -0.430. The van der Waals surface area contributed by atoms with Gasteiger partial charge in [-0.25, -0.2) is 0 Å². The highest BCUT2D eigenvalue weighted by molar-refractivity contribution is 6.12. The van der Waals surface area contributed by atoms with Crippen LogP contribution in [0.3, 0.4) is 0 Å². The van der Waals surface area contributed by atoms with Gasteiger partial charge in [-0.3, -0.25) is 29.4 Å². The van der Waals surface area contributed by atoms with E-state index >= 15 is 0 Å². The minimum absolute atomic E-state index is 0.00309. The maximum absolute atomic E-state index is 12.5. The molecule has 0 unspecified atom stereocenters. The number of nitro benzene ring substituents is 1. The molecule has 2 aliphatic rings. The molecular formula is C18H18N2O5. The Morgan fingerprint density at radius 2 is 1.60 bits per heavy atom. The van der Waals surface area contributed by atoms with Crippen molar-refractivity contribution in [2.24, 2.45) is 11.8 Å². The Morgan fingerprint density at radius 3 is 2.12 bits per heavy atom. The molecule has 0 spiro atoms. The molecule has 25 heavy (non-hydrogen) atoms. The smallest absolute Gasteiger partial charge is 0.269 e. The van der Waals surface area contributed by atoms with E-state index in [2.05, 4.69) is 0 Å². The molecule has 1 fully saturated rings. The van der Waals surface area contributed by atoms with Crippen LogP contribution in [0.1, 0.15) is 36.0 Å². The standard InChI is InChI=1S/C18H18N2O5/c21-16-9-10-17(22)19(16)11-12-1-3-13(4-2-12)18(23)14-5-7-15(8-6-14)20(24)25/h5-10,12-13H,1-4,11H2. The van der Waals surface area contributed by atoms with Gasteiger partial charge in [-0.1, -0.05) is 0 Å². The monoisotopic (exact) mass is 342 g/mol. The van der Waals surface area contributed by atoms with Crippen LogP contribution in [0.5, 0.6) is 0 Å². The van der Waals surface area contributed by atoms with Gasteiger partial charge in [-0.2, -0.15) is 0 Å². The molecule has 1 aliphatic heterocycles. The molecule has 0 bridgehead atoms. The molecule has 7 heteroatoms. The van der Waals surface area contributed by atoms with Crippen LogP contribution < -0.4 is 0 Å². The van der Waals surface area contributed by atoms with Crippen LogP contribution in [0.2, 0.25) is 0 Å². The summed E-state index contributed by atoms with van der Waals surface area (Å²) in [5, 5.41) is 10.7. The van der Waals surface area contributed by atoms with Crippen molar-refractivity contribution in [1.82, 2.24) is 4.90 Å². The fourth-order valence-electron chi connectivity index (χ4n) is 3.46. The molecule has 7 nitrogen and oxygen atoms in total. The minimum atomic E-state index is -0.491. The number of carbonyl (C=O) groups is 3. The van der Waals surface area contributed by atoms with Gasteiger partial charge >= 0.3 is 0 Å². The predicted octanol–water partition coefficient (Wildman–Crippen LogP) is 2.51. The first-order valence-electron chi connectivity index (χ1n) is 8.28. The Labute approximate surface area is 144 Å². The number of nitro groups is 1. The summed E-state index contributed by atoms with van der Waals surface area (Å²) in [6.45, 7) is 0.406. The summed E-state index contributed by atoms with van der Waals surface area (Å²) in [5.41, 5.74) is 0.456. The molecule has 2 amide bonds. The Kier molecular flexibility index (Phi) is 4.74. The fourth-order valence-corrected chi connectivity index (χ4v) is 3.46. The van der Waals surface area contributed by atoms with E-state index in [1.54, 1.807) is 0 Å². The highest BCUT2D eigenvalue weighted by atomic mass is 16.6. The van der Waals surface area contributed by atoms with Crippen LogP contribution >= 0.6 is 0 Å². The van der Waals surface area contributed by atoms with Crippen molar-refractivity contribution < 1.29 is 19.3 Å². The SMILES string of the molecule is O=C(c1ccc([N+](=O)[O-])cc1)C1CCC(CN2C(=O)C=CC2=O)CC1. The van der Waals surface area contributed by atoms with Gasteiger partial charge in [0.1, 0.15) is 0 Å². The highest BCUT2D eigenvalue weighted by Crippen LogP contribution is 2.32. The number of benzene rings is 1. The third-order valence-electron chi connectivity index (χ3n) is 4.92. The lowest BCUT2D eigenvalue weighted by atomic mass is 9.78. The van der Waals surface area contributed by atoms with Crippen LogP contribution in [0.4, 0.5) is 5.69 Å². The van der Waals surface area contributed by atoms with Crippen molar-refractivity contribution in [3.63, 3.8) is 0 Å². The van der Waals surface area contributed by atoms with Gasteiger partial charge in [-0.15, -0.1) is 0 Å². The Bertz CT molecular complexity index is 727. The summed E-state index contributed by atoms with van der Waals surface area (Å²) in [4.78, 5) is 47.2. The van der Waals surface area contributed by atoms with Crippen LogP contribution in [0.15, 0.2) is 36.4 Å². The minimum Gasteiger partial charge on any atom is -0.294 e. The van der Waals surface area contributed by atoms with E-state index in [0.717, 1.165) is 12.8 Å². The zero-order valence-corrected chi connectivity index (χ0v) is 13.6. The molecule has 130 valence electrons. The average Bonchev–Trinajstić information content (AvgIpc) is 2.94. The number of amides is 2. The van der Waals surface area contributed by atoms with Crippen LogP contribution in [-0.2, 0) is 9.59 Å². The average molecular weight is 342 g/mol. The Balaban J connectivity index is 1.55. The number of ketones is 1. The topological polar surface area (TPSA) is 97.6 Å². The fraction of sp³-hybridized carbons (Fsp3) is 0.389. The summed E-state index contributed by atoms with van der Waals surface area (Å²) in [6, 6.07) is 5.69. The molecule has 1 aliphatic carbocycles. The largest absolute Gasteiger partial charge is 0.294 e. The van der Waals surface area contributed by atoms with Crippen molar-refractivity contribution in [2.45, 2.75) is 25.7 Å². The van der Waals surface area contributed by atoms with Gasteiger partial charge in [0, 0.05) is 42.3 Å². The van der Waals surface area contributed by atoms with Crippen molar-refractivity contribution in [1.29, 1.82) is 0 Å². The van der Waals surface area contributed by atoms with Crippen LogP contribution in [-0.4, -0.2) is 34.0 Å². The van der Waals surface area contributed by atoms with Gasteiger partial charge in [0.2, 0.25) is 0 Å². The number of imide groups is 1. The zero-order valence-electron chi connectivity index (χ0n) is 13.6. The first-order chi connectivity index (χ1) is 12.0. The van der Waals surface area contributed by atoms with E-state index < -0.39 is 4.92 Å². The van der Waals surface area contributed by atoms with Gasteiger partial charge in [0.15, 0.2) is 5.78 Å². The van der Waals surface area contributed by atoms with Gasteiger partial charge in [0.05, 0.1) is 4.92 Å². The molecule has 0 N–H and O–H groups in total. The van der Waals surface area contributed by atoms with E-state index in [9.17, 15) is 24.5 Å². The maximum Gasteiger partial charge on any atom is 0.269 e. The highest BCUT2D eigenvalue weighted by Gasteiger charge is 2.31. The molecule has 1 heterocycles. The molecule has 1 aromatic rings. The number of hydrogen-bond acceptors (Lipinski definition) is 5. The lowest BCUT2D eigenvalue weighted by Gasteiger charge is -2.30. The first kappa shape index (κ1) is 17.0. The molecule has 0 atom stereocenters. The van der Waals surface area contributed by atoms with Crippen molar-refractivity contribution in [3.05, 3.63) is 52.1 Å². The quantitative estimate of drug-likeness (QED) is 0.354. The summed E-state index contributed by atoms with van der Waals surface area (Å²) in [6.07, 6.45) is 5.52. The van der Waals surface area contributed by atoms with Crippen molar-refractivity contribution in [2.75, 3.05) is 6.54 Å². The number of rotatable bonds is 5. The number of nitrogens with zero attached hydrogens (tertiary/aromatic N) is 2. The molecule has 3 rings (SSSR count). The summed E-state index contributed by atoms with van der Waals surface area (Å²) in [7, 11) is 0. The number of hydrogen-bond donors (Lipinski definition) is 0. The lowest BCUT2D eigenvalue weighted by Crippen LogP contribution is -2.36. The Morgan fingerprint density at radius 1 is 1.04 bits per heavy atom. The van der Waals surface area contributed by atoms with E-state index in [-0.39, 0.29) is 35.1 Å². The second-order valence-electron chi connectivity index (χ2n) is 6.51. The number of carbonyl (C=O) groups excluding carboxylic acids is 3. The predicted molar refractivity (Wildman–Crippen MR) is 88.7 cm³/mol. The van der Waals surface area contributed by atoms with E-state index in [0.29, 0.717) is 24.9 Å². The van der Waals surface area contributed by atoms with Gasteiger partial charge in [0.25, 0.3) is 17.5 Å². The second-order valence-corrected chi connectivity index (χ2v) is 6.51. The molecule has 0 saturated heterocycles. The van der Waals surface area contributed by atoms with E-state index in [4.69, 9.17) is 0 Å². The molecule has 0 radical (unpaired) electrons. The Hall–Kier alpha value is -2.83. The third kappa shape index (κ3) is 3.65. The van der Waals surface area contributed by atoms with E-state index in [1.165, 1.54) is 41.3 Å². The molecular weight excluding hydrogens is 324 g/mol. The maximum atomic E-state index is 12.5. The lowest BCUT2D eigenvalue weighted by molar-refractivity contribution is -0.384. The normalized spacial score (nSPS) is 23.1. The summed E-state index contributed by atoms with van der Waals surface area (Å²) >= 11 is 0. The van der Waals surface area contributed by atoms with Crippen molar-refractivity contribution in [3.8, 4) is 0 Å².